The predicted molar refractivity (Wildman–Crippen MR) is 93.3 cm³/mol. The highest BCUT2D eigenvalue weighted by atomic mass is 127. The van der Waals surface area contributed by atoms with Crippen molar-refractivity contribution in [2.45, 2.75) is 32.9 Å². The molecule has 1 heterocycles. The predicted octanol–water partition coefficient (Wildman–Crippen LogP) is 3.52. The molecule has 1 unspecified atom stereocenters. The third kappa shape index (κ3) is 3.08. The lowest BCUT2D eigenvalue weighted by Crippen LogP contribution is -2.31. The molecular formula is C14H18BrIN4. The zero-order valence-electron chi connectivity index (χ0n) is 11.5. The van der Waals surface area contributed by atoms with Gasteiger partial charge < -0.3 is 0 Å². The maximum atomic E-state index is 5.83. The Bertz CT molecular complexity index is 597. The Morgan fingerprint density at radius 3 is 2.90 bits per heavy atom. The van der Waals surface area contributed by atoms with Gasteiger partial charge in [-0.25, -0.2) is 5.43 Å². The van der Waals surface area contributed by atoms with Gasteiger partial charge in [-0.3, -0.25) is 10.5 Å². The number of aryl methyl sites for hydroxylation is 2. The van der Waals surface area contributed by atoms with Crippen LogP contribution in [0.5, 0.6) is 0 Å². The molecule has 0 spiro atoms. The Hall–Kier alpha value is -0.440. The van der Waals surface area contributed by atoms with E-state index in [4.69, 9.17) is 5.84 Å². The number of nitrogens with two attached hydrogens (primary N) is 1. The van der Waals surface area contributed by atoms with Crippen molar-refractivity contribution in [3.63, 3.8) is 0 Å². The maximum absolute atomic E-state index is 5.83. The topological polar surface area (TPSA) is 55.9 Å². The van der Waals surface area contributed by atoms with Gasteiger partial charge in [-0.15, -0.1) is 0 Å². The largest absolute Gasteiger partial charge is 0.271 e. The standard InChI is InChI=1S/C14H18BrIN4/c1-3-7-20-14(11(15)8-18-20)13(19-17)10-6-4-5-9(2)12(10)16/h4-6,8,13,19H,3,7,17H2,1-2H3. The Balaban J connectivity index is 2.52. The van der Waals surface area contributed by atoms with Crippen LogP contribution in [0.4, 0.5) is 0 Å². The smallest absolute Gasteiger partial charge is 0.0900 e. The van der Waals surface area contributed by atoms with Crippen LogP contribution in [0, 0.1) is 10.5 Å². The van der Waals surface area contributed by atoms with Crippen molar-refractivity contribution in [2.24, 2.45) is 5.84 Å². The summed E-state index contributed by atoms with van der Waals surface area (Å²) >= 11 is 5.96. The average Bonchev–Trinajstić information content (AvgIpc) is 2.78. The highest BCUT2D eigenvalue weighted by Crippen LogP contribution is 2.31. The van der Waals surface area contributed by atoms with Crippen molar-refractivity contribution in [2.75, 3.05) is 0 Å². The summed E-state index contributed by atoms with van der Waals surface area (Å²) < 4.78 is 4.21. The van der Waals surface area contributed by atoms with Crippen molar-refractivity contribution >= 4 is 38.5 Å². The zero-order valence-corrected chi connectivity index (χ0v) is 15.3. The summed E-state index contributed by atoms with van der Waals surface area (Å²) in [5, 5.41) is 4.42. The lowest BCUT2D eigenvalue weighted by Gasteiger charge is -2.21. The average molecular weight is 449 g/mol. The van der Waals surface area contributed by atoms with Crippen molar-refractivity contribution < 1.29 is 0 Å². The number of nitrogens with zero attached hydrogens (tertiary/aromatic N) is 2. The summed E-state index contributed by atoms with van der Waals surface area (Å²) in [5.41, 5.74) is 6.42. The first-order valence-corrected chi connectivity index (χ1v) is 8.39. The monoisotopic (exact) mass is 448 g/mol. The minimum atomic E-state index is -0.0785. The Kier molecular flexibility index (Phi) is 5.59. The molecule has 2 rings (SSSR count). The van der Waals surface area contributed by atoms with Crippen LogP contribution < -0.4 is 11.3 Å². The minimum Gasteiger partial charge on any atom is -0.271 e. The number of halogens is 2. The van der Waals surface area contributed by atoms with Crippen molar-refractivity contribution in [1.82, 2.24) is 15.2 Å². The fourth-order valence-corrected chi connectivity index (χ4v) is 3.45. The summed E-state index contributed by atoms with van der Waals surface area (Å²) in [4.78, 5) is 0. The van der Waals surface area contributed by atoms with E-state index >= 15 is 0 Å². The molecule has 0 saturated heterocycles. The summed E-state index contributed by atoms with van der Waals surface area (Å²) in [5.74, 6) is 5.83. The van der Waals surface area contributed by atoms with Gasteiger partial charge in [0.1, 0.15) is 0 Å². The van der Waals surface area contributed by atoms with E-state index in [0.717, 1.165) is 23.1 Å². The van der Waals surface area contributed by atoms with Gasteiger partial charge in [-0.2, -0.15) is 5.10 Å². The van der Waals surface area contributed by atoms with Gasteiger partial charge in [0.2, 0.25) is 0 Å². The van der Waals surface area contributed by atoms with Crippen molar-refractivity contribution in [3.8, 4) is 0 Å². The van der Waals surface area contributed by atoms with Gasteiger partial charge in [0.25, 0.3) is 0 Å². The molecule has 0 bridgehead atoms. The quantitative estimate of drug-likeness (QED) is 0.418. The van der Waals surface area contributed by atoms with Gasteiger partial charge >= 0.3 is 0 Å². The molecular weight excluding hydrogens is 431 g/mol. The van der Waals surface area contributed by atoms with Crippen LogP contribution in [0.3, 0.4) is 0 Å². The van der Waals surface area contributed by atoms with E-state index in [9.17, 15) is 0 Å². The lowest BCUT2D eigenvalue weighted by atomic mass is 10.0. The van der Waals surface area contributed by atoms with E-state index in [1.165, 1.54) is 14.7 Å². The molecule has 0 radical (unpaired) electrons. The zero-order chi connectivity index (χ0) is 14.7. The van der Waals surface area contributed by atoms with Crippen LogP contribution in [0.25, 0.3) is 0 Å². The second kappa shape index (κ2) is 7.02. The van der Waals surface area contributed by atoms with Crippen molar-refractivity contribution in [3.05, 3.63) is 49.3 Å². The molecule has 1 aromatic carbocycles. The molecule has 20 heavy (non-hydrogen) atoms. The molecule has 0 fully saturated rings. The molecule has 0 saturated carbocycles. The number of benzene rings is 1. The van der Waals surface area contributed by atoms with E-state index in [1.807, 2.05) is 10.9 Å². The van der Waals surface area contributed by atoms with Crippen LogP contribution in [-0.4, -0.2) is 9.78 Å². The van der Waals surface area contributed by atoms with Crippen LogP contribution >= 0.6 is 38.5 Å². The fourth-order valence-electron chi connectivity index (χ4n) is 2.26. The maximum Gasteiger partial charge on any atom is 0.0900 e. The molecule has 4 nitrogen and oxygen atoms in total. The number of aromatic nitrogens is 2. The van der Waals surface area contributed by atoms with E-state index < -0.39 is 0 Å². The molecule has 108 valence electrons. The molecule has 6 heteroatoms. The number of hydrogen-bond donors (Lipinski definition) is 2. The first-order chi connectivity index (χ1) is 9.60. The van der Waals surface area contributed by atoms with Gasteiger partial charge in [0.15, 0.2) is 0 Å². The molecule has 0 aliphatic rings. The molecule has 0 amide bonds. The molecule has 2 aromatic rings. The first kappa shape index (κ1) is 15.9. The van der Waals surface area contributed by atoms with Crippen molar-refractivity contribution in [1.29, 1.82) is 0 Å². The molecule has 3 N–H and O–H groups in total. The van der Waals surface area contributed by atoms with E-state index in [-0.39, 0.29) is 6.04 Å². The van der Waals surface area contributed by atoms with Gasteiger partial charge in [0, 0.05) is 10.1 Å². The Morgan fingerprint density at radius 1 is 1.50 bits per heavy atom. The van der Waals surface area contributed by atoms with Crippen LogP contribution in [0.15, 0.2) is 28.9 Å². The summed E-state index contributed by atoms with van der Waals surface area (Å²) in [6.07, 6.45) is 2.86. The number of hydrogen-bond acceptors (Lipinski definition) is 3. The number of hydrazine groups is 1. The first-order valence-electron chi connectivity index (χ1n) is 6.52. The fraction of sp³-hybridized carbons (Fsp3) is 0.357. The van der Waals surface area contributed by atoms with Crippen LogP contribution in [0.2, 0.25) is 0 Å². The SMILES string of the molecule is CCCn1ncc(Br)c1C(NN)c1cccc(C)c1I. The van der Waals surface area contributed by atoms with E-state index in [0.29, 0.717) is 0 Å². The van der Waals surface area contributed by atoms with Crippen LogP contribution in [0.1, 0.15) is 36.2 Å². The minimum absolute atomic E-state index is 0.0785. The van der Waals surface area contributed by atoms with Gasteiger partial charge in [0.05, 0.1) is 22.4 Å². The normalized spacial score (nSPS) is 12.7. The Morgan fingerprint density at radius 2 is 2.25 bits per heavy atom. The third-order valence-electron chi connectivity index (χ3n) is 3.24. The Labute approximate surface area is 141 Å². The van der Waals surface area contributed by atoms with E-state index in [2.05, 4.69) is 81.1 Å². The second-order valence-corrected chi connectivity index (χ2v) is 6.61. The van der Waals surface area contributed by atoms with Crippen LogP contribution in [-0.2, 0) is 6.54 Å². The lowest BCUT2D eigenvalue weighted by molar-refractivity contribution is 0.518. The number of nitrogens with one attached hydrogen (secondary N) is 1. The molecule has 0 aliphatic heterocycles. The summed E-state index contributed by atoms with van der Waals surface area (Å²) in [6.45, 7) is 5.12. The molecule has 0 aliphatic carbocycles. The summed E-state index contributed by atoms with van der Waals surface area (Å²) in [7, 11) is 0. The van der Waals surface area contributed by atoms with Gasteiger partial charge in [-0.1, -0.05) is 25.1 Å². The molecule has 1 atom stereocenters. The van der Waals surface area contributed by atoms with Gasteiger partial charge in [-0.05, 0) is 63.0 Å². The van der Waals surface area contributed by atoms with E-state index in [1.54, 1.807) is 0 Å². The highest BCUT2D eigenvalue weighted by Gasteiger charge is 2.23. The number of rotatable bonds is 5. The third-order valence-corrected chi connectivity index (χ3v) is 5.33. The highest BCUT2D eigenvalue weighted by molar-refractivity contribution is 14.1. The second-order valence-electron chi connectivity index (χ2n) is 4.68. The molecule has 1 aromatic heterocycles. The summed E-state index contributed by atoms with van der Waals surface area (Å²) in [6, 6.07) is 6.20.